The average Bonchev–Trinajstić information content (AvgIpc) is 2.77. The van der Waals surface area contributed by atoms with Crippen molar-refractivity contribution in [3.05, 3.63) is 48.3 Å². The van der Waals surface area contributed by atoms with Crippen LogP contribution in [0.5, 0.6) is 11.5 Å². The van der Waals surface area contributed by atoms with E-state index in [0.717, 1.165) is 18.8 Å². The van der Waals surface area contributed by atoms with Gasteiger partial charge in [0.25, 0.3) is 0 Å². The third-order valence-electron chi connectivity index (χ3n) is 4.68. The van der Waals surface area contributed by atoms with E-state index < -0.39 is 25.2 Å². The third kappa shape index (κ3) is 9.62. The Labute approximate surface area is 235 Å². The van der Waals surface area contributed by atoms with Crippen LogP contribution < -0.4 is 83.7 Å². The molecule has 1 saturated heterocycles. The molecule has 2 heterocycles. The second kappa shape index (κ2) is 14.6. The number of ketones is 1. The molecule has 0 unspecified atom stereocenters. The Kier molecular flexibility index (Phi) is 13.0. The van der Waals surface area contributed by atoms with Crippen molar-refractivity contribution in [2.45, 2.75) is 0 Å². The number of Topliss-reactive ketones (excluding diaryl/α,β-unsaturated/α-hetero) is 1. The number of hydrogen-bond acceptors (Lipinski definition) is 10. The molecule has 0 saturated carbocycles. The number of anilines is 1. The minimum Gasteiger partial charge on any atom is -0.546 e. The van der Waals surface area contributed by atoms with Gasteiger partial charge in [-0.05, 0) is 24.3 Å². The van der Waals surface area contributed by atoms with E-state index in [9.17, 15) is 24.6 Å². The molecular formula is C21H21N3Na2O7. The number of nitrogens with zero attached hydrogens (tertiary/aromatic N) is 3. The number of piperazine rings is 1. The summed E-state index contributed by atoms with van der Waals surface area (Å²) in [5, 5.41) is 21.3. The fourth-order valence-corrected chi connectivity index (χ4v) is 3.20. The fourth-order valence-electron chi connectivity index (χ4n) is 3.20. The van der Waals surface area contributed by atoms with Gasteiger partial charge in [-0.1, -0.05) is 0 Å². The Morgan fingerprint density at radius 2 is 1.36 bits per heavy atom. The van der Waals surface area contributed by atoms with Gasteiger partial charge < -0.3 is 34.2 Å². The van der Waals surface area contributed by atoms with Gasteiger partial charge in [-0.3, -0.25) is 14.7 Å². The van der Waals surface area contributed by atoms with Crippen LogP contribution in [0.1, 0.15) is 10.4 Å². The normalized spacial score (nSPS) is 13.3. The van der Waals surface area contributed by atoms with Crippen LogP contribution in [-0.2, 0) is 9.59 Å². The fraction of sp³-hybridized carbons (Fsp3) is 0.333. The largest absolute Gasteiger partial charge is 1.00 e. The van der Waals surface area contributed by atoms with Crippen molar-refractivity contribution in [1.29, 1.82) is 0 Å². The minimum absolute atomic E-state index is 0. The smallest absolute Gasteiger partial charge is 0.546 e. The van der Waals surface area contributed by atoms with Crippen molar-refractivity contribution in [1.82, 2.24) is 9.88 Å². The molecule has 0 radical (unpaired) electrons. The first-order valence-corrected chi connectivity index (χ1v) is 9.61. The maximum Gasteiger partial charge on any atom is 1.00 e. The SMILES string of the molecule is O=C([O-])COc1cc(OCC(=O)[O-])cc(C(=O)CN2CCN(c3ccncc3)CC2)c1.[Na+].[Na+]. The summed E-state index contributed by atoms with van der Waals surface area (Å²) in [7, 11) is 0. The van der Waals surface area contributed by atoms with Gasteiger partial charge in [0.2, 0.25) is 0 Å². The number of carbonyl (C=O) groups is 3. The molecule has 0 spiro atoms. The van der Waals surface area contributed by atoms with Gasteiger partial charge in [0.15, 0.2) is 5.78 Å². The van der Waals surface area contributed by atoms with Crippen LogP contribution in [0.4, 0.5) is 5.69 Å². The molecule has 12 heteroatoms. The maximum atomic E-state index is 12.8. The molecule has 0 bridgehead atoms. The Hall–Kier alpha value is -1.66. The van der Waals surface area contributed by atoms with Crippen LogP contribution in [0.3, 0.4) is 0 Å². The molecular weight excluding hydrogens is 452 g/mol. The van der Waals surface area contributed by atoms with Crippen LogP contribution in [0, 0.1) is 0 Å². The molecule has 0 aliphatic carbocycles. The van der Waals surface area contributed by atoms with Gasteiger partial charge in [-0.2, -0.15) is 0 Å². The molecule has 0 atom stereocenters. The average molecular weight is 473 g/mol. The number of hydrogen-bond donors (Lipinski definition) is 0. The van der Waals surface area contributed by atoms with Crippen LogP contribution in [0.2, 0.25) is 0 Å². The van der Waals surface area contributed by atoms with Gasteiger partial charge in [0.05, 0.1) is 18.5 Å². The van der Waals surface area contributed by atoms with Crippen molar-refractivity contribution in [2.75, 3.05) is 50.8 Å². The molecule has 1 aromatic carbocycles. The zero-order valence-corrected chi connectivity index (χ0v) is 22.7. The molecule has 1 aromatic heterocycles. The number of carbonyl (C=O) groups excluding carboxylic acids is 3. The van der Waals surface area contributed by atoms with E-state index >= 15 is 0 Å². The number of benzene rings is 1. The van der Waals surface area contributed by atoms with E-state index in [4.69, 9.17) is 9.47 Å². The number of carboxylic acids is 2. The van der Waals surface area contributed by atoms with E-state index in [0.29, 0.717) is 13.1 Å². The van der Waals surface area contributed by atoms with Gasteiger partial charge >= 0.3 is 59.1 Å². The quantitative estimate of drug-likeness (QED) is 0.242. The van der Waals surface area contributed by atoms with Crippen LogP contribution in [0.25, 0.3) is 0 Å². The van der Waals surface area contributed by atoms with Gasteiger partial charge in [0.1, 0.15) is 24.7 Å². The predicted molar refractivity (Wildman–Crippen MR) is 105 cm³/mol. The van der Waals surface area contributed by atoms with Crippen LogP contribution in [-0.4, -0.2) is 73.5 Å². The van der Waals surface area contributed by atoms with Gasteiger partial charge in [-0.25, -0.2) is 0 Å². The second-order valence-electron chi connectivity index (χ2n) is 6.91. The van der Waals surface area contributed by atoms with Crippen molar-refractivity contribution in [3.8, 4) is 11.5 Å². The third-order valence-corrected chi connectivity index (χ3v) is 4.68. The molecule has 1 fully saturated rings. The zero-order chi connectivity index (χ0) is 22.2. The predicted octanol–water partition coefficient (Wildman–Crippen LogP) is -7.65. The molecule has 3 rings (SSSR count). The molecule has 1 aliphatic rings. The minimum atomic E-state index is -1.43. The standard InChI is InChI=1S/C21H23N3O7.2Na/c25-19(12-23-5-7-24(8-6-23)16-1-3-22-4-2-16)15-9-17(30-13-20(26)27)11-18(10-15)31-14-21(28)29;;/h1-4,9-11H,5-8,12-14H2,(H,26,27)(H,28,29);;/q;2*+1/p-2. The van der Waals surface area contributed by atoms with Crippen molar-refractivity contribution >= 4 is 23.4 Å². The number of pyridine rings is 1. The summed E-state index contributed by atoms with van der Waals surface area (Å²) < 4.78 is 10.2. The van der Waals surface area contributed by atoms with E-state index in [1.807, 2.05) is 17.0 Å². The number of ether oxygens (including phenoxy) is 2. The summed E-state index contributed by atoms with van der Waals surface area (Å²) in [6.45, 7) is 1.60. The second-order valence-corrected chi connectivity index (χ2v) is 6.91. The molecule has 33 heavy (non-hydrogen) atoms. The van der Waals surface area contributed by atoms with Crippen molar-refractivity contribution in [3.63, 3.8) is 0 Å². The number of rotatable bonds is 10. The summed E-state index contributed by atoms with van der Waals surface area (Å²) >= 11 is 0. The van der Waals surface area contributed by atoms with Crippen LogP contribution in [0.15, 0.2) is 42.7 Å². The zero-order valence-electron chi connectivity index (χ0n) is 18.7. The first kappa shape index (κ1) is 29.4. The summed E-state index contributed by atoms with van der Waals surface area (Å²) in [5.74, 6) is -2.96. The van der Waals surface area contributed by atoms with E-state index in [2.05, 4.69) is 9.88 Å². The molecule has 1 aliphatic heterocycles. The topological polar surface area (TPSA) is 135 Å². The van der Waals surface area contributed by atoms with Crippen LogP contribution >= 0.6 is 0 Å². The number of aromatic nitrogens is 1. The monoisotopic (exact) mass is 473 g/mol. The van der Waals surface area contributed by atoms with E-state index in [-0.39, 0.29) is 88.5 Å². The summed E-state index contributed by atoms with van der Waals surface area (Å²) in [4.78, 5) is 42.3. The number of aliphatic carboxylic acids is 2. The van der Waals surface area contributed by atoms with Gasteiger partial charge in [0, 0.05) is 55.9 Å². The summed E-state index contributed by atoms with van der Waals surface area (Å²) in [5.41, 5.74) is 1.30. The van der Waals surface area contributed by atoms with E-state index in [1.165, 1.54) is 18.2 Å². The number of carboxylic acid groups (broad SMARTS) is 2. The first-order chi connectivity index (χ1) is 14.9. The first-order valence-electron chi connectivity index (χ1n) is 9.61. The van der Waals surface area contributed by atoms with Crippen molar-refractivity contribution < 1.29 is 93.2 Å². The Bertz CT molecular complexity index is 902. The molecule has 10 nitrogen and oxygen atoms in total. The van der Waals surface area contributed by atoms with E-state index in [1.54, 1.807) is 12.4 Å². The van der Waals surface area contributed by atoms with Crippen molar-refractivity contribution in [2.24, 2.45) is 0 Å². The molecule has 164 valence electrons. The summed E-state index contributed by atoms with van der Waals surface area (Å²) in [6.07, 6.45) is 3.47. The Morgan fingerprint density at radius 3 is 1.85 bits per heavy atom. The molecule has 0 amide bonds. The Morgan fingerprint density at radius 1 is 0.848 bits per heavy atom. The van der Waals surface area contributed by atoms with Gasteiger partial charge in [-0.15, -0.1) is 0 Å². The summed E-state index contributed by atoms with van der Waals surface area (Å²) in [6, 6.07) is 7.96. The maximum absolute atomic E-state index is 12.8. The molecule has 0 N–H and O–H groups in total. The Balaban J connectivity index is 0.00000272. The molecule has 2 aromatic rings.